The van der Waals surface area contributed by atoms with Crippen LogP contribution < -0.4 is 15.4 Å². The zero-order valence-electron chi connectivity index (χ0n) is 20.4. The van der Waals surface area contributed by atoms with E-state index in [0.717, 1.165) is 11.1 Å². The smallest absolute Gasteiger partial charge is 0.333 e. The highest BCUT2D eigenvalue weighted by Crippen LogP contribution is 2.27. The third kappa shape index (κ3) is 6.59. The van der Waals surface area contributed by atoms with Gasteiger partial charge in [0.2, 0.25) is 5.91 Å². The summed E-state index contributed by atoms with van der Waals surface area (Å²) >= 11 is 12.2. The molecule has 0 unspecified atom stereocenters. The van der Waals surface area contributed by atoms with Crippen molar-refractivity contribution in [2.24, 2.45) is 0 Å². The lowest BCUT2D eigenvalue weighted by molar-refractivity contribution is -0.139. The number of benzene rings is 4. The first-order valence-corrected chi connectivity index (χ1v) is 12.6. The molecule has 0 bridgehead atoms. The molecule has 1 atom stereocenters. The molecule has 0 aliphatic rings. The van der Waals surface area contributed by atoms with Gasteiger partial charge in [-0.25, -0.2) is 4.79 Å². The van der Waals surface area contributed by atoms with E-state index in [1.807, 2.05) is 60.7 Å². The summed E-state index contributed by atoms with van der Waals surface area (Å²) in [6.45, 7) is 1.56. The van der Waals surface area contributed by atoms with Gasteiger partial charge in [0.05, 0.1) is 21.5 Å². The maximum absolute atomic E-state index is 13.2. The summed E-state index contributed by atoms with van der Waals surface area (Å²) in [5.41, 5.74) is 2.25. The number of hydrogen-bond acceptors (Lipinski definition) is 4. The Morgan fingerprint density at radius 3 is 1.76 bits per heavy atom. The predicted octanol–water partition coefficient (Wildman–Crippen LogP) is 6.49. The highest BCUT2D eigenvalue weighted by molar-refractivity contribution is 6.40. The fourth-order valence-corrected chi connectivity index (χ4v) is 4.43. The van der Waals surface area contributed by atoms with Gasteiger partial charge in [-0.05, 0) is 54.4 Å². The summed E-state index contributed by atoms with van der Waals surface area (Å²) in [6.07, 6.45) is 0. The highest BCUT2D eigenvalue weighted by Gasteiger charge is 2.26. The van der Waals surface area contributed by atoms with E-state index in [2.05, 4.69) is 10.6 Å². The van der Waals surface area contributed by atoms with Crippen LogP contribution in [0.3, 0.4) is 0 Å². The van der Waals surface area contributed by atoms with E-state index in [9.17, 15) is 14.4 Å². The molecule has 38 heavy (non-hydrogen) atoms. The fraction of sp³-hybridized carbons (Fsp3) is 0.100. The molecule has 4 rings (SSSR count). The molecule has 0 saturated heterocycles. The molecule has 0 spiro atoms. The maximum atomic E-state index is 13.2. The molecule has 4 aromatic rings. The molecule has 0 saturated carbocycles. The molecule has 8 heteroatoms. The van der Waals surface area contributed by atoms with E-state index in [4.69, 9.17) is 27.9 Å². The van der Waals surface area contributed by atoms with Crippen molar-refractivity contribution in [2.75, 3.05) is 5.32 Å². The zero-order chi connectivity index (χ0) is 27.1. The molecular weight excluding hydrogens is 523 g/mol. The molecule has 4 aromatic carbocycles. The second-order valence-electron chi connectivity index (χ2n) is 8.48. The van der Waals surface area contributed by atoms with Crippen LogP contribution in [0.4, 0.5) is 5.69 Å². The Morgan fingerprint density at radius 2 is 1.24 bits per heavy atom. The first kappa shape index (κ1) is 26.9. The van der Waals surface area contributed by atoms with Crippen molar-refractivity contribution in [3.05, 3.63) is 130 Å². The van der Waals surface area contributed by atoms with Crippen LogP contribution in [0, 0.1) is 0 Å². The summed E-state index contributed by atoms with van der Waals surface area (Å²) in [7, 11) is 0. The van der Waals surface area contributed by atoms with Crippen molar-refractivity contribution in [1.82, 2.24) is 5.32 Å². The number of hydrogen-bond donors (Lipinski definition) is 2. The van der Waals surface area contributed by atoms with E-state index >= 15 is 0 Å². The third-order valence-corrected chi connectivity index (χ3v) is 6.39. The van der Waals surface area contributed by atoms with Crippen molar-refractivity contribution >= 4 is 46.7 Å². The Hall–Kier alpha value is -4.13. The van der Waals surface area contributed by atoms with E-state index in [0.29, 0.717) is 5.69 Å². The van der Waals surface area contributed by atoms with Gasteiger partial charge in [0.15, 0.2) is 0 Å². The van der Waals surface area contributed by atoms with E-state index in [-0.39, 0.29) is 27.3 Å². The van der Waals surface area contributed by atoms with Gasteiger partial charge in [0, 0.05) is 5.69 Å². The van der Waals surface area contributed by atoms with Gasteiger partial charge in [0.25, 0.3) is 5.91 Å². The average Bonchev–Trinajstić information content (AvgIpc) is 2.91. The van der Waals surface area contributed by atoms with Gasteiger partial charge >= 0.3 is 5.97 Å². The van der Waals surface area contributed by atoms with Crippen molar-refractivity contribution in [3.63, 3.8) is 0 Å². The second kappa shape index (κ2) is 12.4. The van der Waals surface area contributed by atoms with Crippen LogP contribution in [-0.2, 0) is 9.59 Å². The third-order valence-electron chi connectivity index (χ3n) is 5.76. The first-order valence-electron chi connectivity index (χ1n) is 11.8. The summed E-state index contributed by atoms with van der Waals surface area (Å²) in [6, 6.07) is 28.9. The number of ether oxygens (including phenoxy) is 1. The van der Waals surface area contributed by atoms with Gasteiger partial charge in [-0.1, -0.05) is 89.9 Å². The number of halogens is 2. The molecule has 2 N–H and O–H groups in total. The second-order valence-corrected chi connectivity index (χ2v) is 9.30. The number of anilines is 1. The molecule has 0 radical (unpaired) electrons. The van der Waals surface area contributed by atoms with Gasteiger partial charge in [-0.3, -0.25) is 9.59 Å². The lowest BCUT2D eigenvalue weighted by Gasteiger charge is -2.20. The number of amides is 2. The normalized spacial score (nSPS) is 11.5. The van der Waals surface area contributed by atoms with Crippen molar-refractivity contribution < 1.29 is 19.1 Å². The zero-order valence-corrected chi connectivity index (χ0v) is 21.9. The topological polar surface area (TPSA) is 84.5 Å². The van der Waals surface area contributed by atoms with Gasteiger partial charge < -0.3 is 15.4 Å². The molecule has 0 aromatic heterocycles. The van der Waals surface area contributed by atoms with E-state index in [1.165, 1.54) is 12.1 Å². The molecule has 0 aliphatic carbocycles. The Morgan fingerprint density at radius 1 is 0.711 bits per heavy atom. The number of nitrogens with one attached hydrogen (secondary N) is 2. The Bertz CT molecular complexity index is 1370. The van der Waals surface area contributed by atoms with Gasteiger partial charge in [-0.15, -0.1) is 0 Å². The number of esters is 1. The minimum atomic E-state index is -0.904. The molecule has 0 fully saturated rings. The summed E-state index contributed by atoms with van der Waals surface area (Å²) < 4.78 is 5.44. The SMILES string of the molecule is C[C@H](NC(=O)C(c1ccccc1)c1ccccc1)C(=O)Oc1ccc(NC(=O)c2c(Cl)cccc2Cl)cc1. The first-order chi connectivity index (χ1) is 18.3. The van der Waals surface area contributed by atoms with Crippen LogP contribution in [0.5, 0.6) is 5.75 Å². The molecule has 0 aliphatic heterocycles. The van der Waals surface area contributed by atoms with Crippen molar-refractivity contribution in [1.29, 1.82) is 0 Å². The standard InChI is InChI=1S/C30H24Cl2N2O4/c1-19(33-28(35)26(20-9-4-2-5-10-20)21-11-6-3-7-12-21)30(37)38-23-17-15-22(16-18-23)34-29(36)27-24(31)13-8-14-25(27)32/h2-19,26H,1H3,(H,33,35)(H,34,36)/t19-/m0/s1. The molecule has 2 amide bonds. The molecule has 192 valence electrons. The van der Waals surface area contributed by atoms with Gasteiger partial charge in [-0.2, -0.15) is 0 Å². The lowest BCUT2D eigenvalue weighted by Crippen LogP contribution is -2.43. The highest BCUT2D eigenvalue weighted by atomic mass is 35.5. The minimum absolute atomic E-state index is 0.167. The Balaban J connectivity index is 1.39. The monoisotopic (exact) mass is 546 g/mol. The van der Waals surface area contributed by atoms with Crippen LogP contribution in [0.2, 0.25) is 10.0 Å². The van der Waals surface area contributed by atoms with Crippen LogP contribution in [0.1, 0.15) is 34.3 Å². The molecule has 6 nitrogen and oxygen atoms in total. The summed E-state index contributed by atoms with van der Waals surface area (Å²) in [5.74, 6) is -1.73. The van der Waals surface area contributed by atoms with E-state index in [1.54, 1.807) is 37.3 Å². The number of rotatable bonds is 8. The van der Waals surface area contributed by atoms with Crippen LogP contribution >= 0.6 is 23.2 Å². The summed E-state index contributed by atoms with van der Waals surface area (Å²) in [5, 5.41) is 5.94. The lowest BCUT2D eigenvalue weighted by atomic mass is 9.90. The largest absolute Gasteiger partial charge is 0.425 e. The Kier molecular flexibility index (Phi) is 8.79. The predicted molar refractivity (Wildman–Crippen MR) is 149 cm³/mol. The minimum Gasteiger partial charge on any atom is -0.425 e. The Labute approximate surface area is 230 Å². The summed E-state index contributed by atoms with van der Waals surface area (Å²) in [4.78, 5) is 38.5. The van der Waals surface area contributed by atoms with Crippen LogP contribution in [0.25, 0.3) is 0 Å². The van der Waals surface area contributed by atoms with Crippen molar-refractivity contribution in [3.8, 4) is 5.75 Å². The van der Waals surface area contributed by atoms with E-state index < -0.39 is 23.8 Å². The average molecular weight is 547 g/mol. The fourth-order valence-electron chi connectivity index (χ4n) is 3.86. The van der Waals surface area contributed by atoms with Gasteiger partial charge in [0.1, 0.15) is 11.8 Å². The quantitative estimate of drug-likeness (QED) is 0.195. The maximum Gasteiger partial charge on any atom is 0.333 e. The molecule has 0 heterocycles. The number of carbonyl (C=O) groups is 3. The van der Waals surface area contributed by atoms with Crippen LogP contribution in [-0.4, -0.2) is 23.8 Å². The van der Waals surface area contributed by atoms with Crippen molar-refractivity contribution in [2.45, 2.75) is 18.9 Å². The number of carbonyl (C=O) groups excluding carboxylic acids is 3. The van der Waals surface area contributed by atoms with Crippen LogP contribution in [0.15, 0.2) is 103 Å². The molecular formula is C30H24Cl2N2O4.